The van der Waals surface area contributed by atoms with Crippen LogP contribution in [0.1, 0.15) is 57.1 Å². The third-order valence-electron chi connectivity index (χ3n) is 5.37. The maximum absolute atomic E-state index is 13.0. The minimum Gasteiger partial charge on any atom is -0.462 e. The number of likely N-dealkylation sites (tertiary alicyclic amines) is 1. The molecule has 3 aromatic rings. The molecule has 0 aliphatic carbocycles. The number of aromatic nitrogens is 3. The van der Waals surface area contributed by atoms with Gasteiger partial charge in [-0.3, -0.25) is 4.79 Å². The molecule has 1 atom stereocenters. The molecule has 3 heterocycles. The molecule has 7 nitrogen and oxygen atoms in total. The van der Waals surface area contributed by atoms with Gasteiger partial charge in [0.05, 0.1) is 29.2 Å². The normalized spacial score (nSPS) is 16.5. The third-order valence-corrected chi connectivity index (χ3v) is 6.31. The average Bonchev–Trinajstić information content (AvgIpc) is 3.44. The molecule has 1 unspecified atom stereocenters. The second kappa shape index (κ2) is 8.79. The van der Waals surface area contributed by atoms with E-state index in [1.54, 1.807) is 22.9 Å². The number of esters is 1. The molecule has 1 aromatic carbocycles. The fraction of sp³-hybridized carbons (Fsp3) is 0.364. The molecule has 4 rings (SSSR count). The monoisotopic (exact) mass is 424 g/mol. The lowest BCUT2D eigenvalue weighted by Gasteiger charge is -2.32. The van der Waals surface area contributed by atoms with E-state index in [0.717, 1.165) is 30.1 Å². The lowest BCUT2D eigenvalue weighted by Crippen LogP contribution is -2.39. The number of carbonyl (C=O) groups excluding carboxylic acids is 2. The molecule has 0 spiro atoms. The minimum absolute atomic E-state index is 0.0344. The van der Waals surface area contributed by atoms with Gasteiger partial charge < -0.3 is 9.64 Å². The van der Waals surface area contributed by atoms with E-state index >= 15 is 0 Å². The highest BCUT2D eigenvalue weighted by Crippen LogP contribution is 2.29. The maximum atomic E-state index is 13.0. The Bertz CT molecular complexity index is 1030. The van der Waals surface area contributed by atoms with Crippen LogP contribution < -0.4 is 0 Å². The Hall–Kier alpha value is -3.00. The number of carbonyl (C=O) groups is 2. The number of hydrogen-bond acceptors (Lipinski definition) is 6. The predicted octanol–water partition coefficient (Wildman–Crippen LogP) is 3.83. The second-order valence-corrected chi connectivity index (χ2v) is 8.21. The summed E-state index contributed by atoms with van der Waals surface area (Å²) in [4.78, 5) is 31.4. The highest BCUT2D eigenvalue weighted by atomic mass is 32.1. The maximum Gasteiger partial charge on any atom is 0.341 e. The van der Waals surface area contributed by atoms with Gasteiger partial charge in [-0.1, -0.05) is 0 Å². The number of thiazole rings is 1. The van der Waals surface area contributed by atoms with Crippen molar-refractivity contribution in [2.45, 2.75) is 32.6 Å². The van der Waals surface area contributed by atoms with E-state index in [4.69, 9.17) is 4.74 Å². The standard InChI is InChI=1S/C22H24N4O3S/c1-3-29-22(28)19-13-24-26(15(19)2)18-8-6-16(7-9-18)21(27)25-11-4-5-17(14-25)20-23-10-12-30-20/h6-10,12-13,17H,3-5,11,14H2,1-2H3. The topological polar surface area (TPSA) is 77.3 Å². The molecular weight excluding hydrogens is 400 g/mol. The van der Waals surface area contributed by atoms with Crippen molar-refractivity contribution in [3.63, 3.8) is 0 Å². The van der Waals surface area contributed by atoms with E-state index < -0.39 is 0 Å². The Labute approximate surface area is 179 Å². The molecule has 1 amide bonds. The lowest BCUT2D eigenvalue weighted by atomic mass is 9.98. The fourth-order valence-electron chi connectivity index (χ4n) is 3.81. The largest absolute Gasteiger partial charge is 0.462 e. The van der Waals surface area contributed by atoms with Crippen LogP contribution in [0.25, 0.3) is 5.69 Å². The fourth-order valence-corrected chi connectivity index (χ4v) is 4.57. The summed E-state index contributed by atoms with van der Waals surface area (Å²) in [6.45, 7) is 5.39. The van der Waals surface area contributed by atoms with Crippen LogP contribution in [-0.2, 0) is 4.74 Å². The first kappa shape index (κ1) is 20.3. The number of rotatable bonds is 5. The Kier molecular flexibility index (Phi) is 5.94. The van der Waals surface area contributed by atoms with Gasteiger partial charge in [-0.2, -0.15) is 5.10 Å². The predicted molar refractivity (Wildman–Crippen MR) is 114 cm³/mol. The molecule has 1 fully saturated rings. The van der Waals surface area contributed by atoms with Crippen LogP contribution in [0.5, 0.6) is 0 Å². The number of piperidine rings is 1. The summed E-state index contributed by atoms with van der Waals surface area (Å²) in [5.74, 6) is -0.0323. The summed E-state index contributed by atoms with van der Waals surface area (Å²) in [6.07, 6.45) is 5.39. The molecule has 1 aliphatic heterocycles. The average molecular weight is 425 g/mol. The number of nitrogens with zero attached hydrogens (tertiary/aromatic N) is 4. The van der Waals surface area contributed by atoms with Crippen LogP contribution in [0.3, 0.4) is 0 Å². The molecule has 2 aromatic heterocycles. The zero-order valence-electron chi connectivity index (χ0n) is 17.1. The molecule has 0 bridgehead atoms. The third kappa shape index (κ3) is 4.00. The first-order chi connectivity index (χ1) is 14.6. The van der Waals surface area contributed by atoms with E-state index in [0.29, 0.717) is 35.9 Å². The van der Waals surface area contributed by atoms with Gasteiger partial charge in [-0.25, -0.2) is 14.5 Å². The summed E-state index contributed by atoms with van der Waals surface area (Å²) in [5.41, 5.74) is 2.58. The minimum atomic E-state index is -0.382. The number of amides is 1. The van der Waals surface area contributed by atoms with Crippen molar-refractivity contribution < 1.29 is 14.3 Å². The number of ether oxygens (including phenoxy) is 1. The van der Waals surface area contributed by atoms with E-state index in [2.05, 4.69) is 10.1 Å². The van der Waals surface area contributed by atoms with Gasteiger partial charge in [0.1, 0.15) is 5.56 Å². The van der Waals surface area contributed by atoms with E-state index in [-0.39, 0.29) is 11.9 Å². The van der Waals surface area contributed by atoms with Crippen LogP contribution in [0, 0.1) is 6.92 Å². The molecule has 0 N–H and O–H groups in total. The second-order valence-electron chi connectivity index (χ2n) is 7.28. The van der Waals surface area contributed by atoms with Crippen LogP contribution >= 0.6 is 11.3 Å². The smallest absolute Gasteiger partial charge is 0.341 e. The lowest BCUT2D eigenvalue weighted by molar-refractivity contribution is 0.0525. The quantitative estimate of drug-likeness (QED) is 0.582. The van der Waals surface area contributed by atoms with Crippen LogP contribution in [0.2, 0.25) is 0 Å². The highest BCUT2D eigenvalue weighted by molar-refractivity contribution is 7.09. The van der Waals surface area contributed by atoms with Crippen molar-refractivity contribution in [2.24, 2.45) is 0 Å². The van der Waals surface area contributed by atoms with E-state index in [1.165, 1.54) is 6.20 Å². The Balaban J connectivity index is 1.48. The number of hydrogen-bond donors (Lipinski definition) is 0. The molecule has 0 saturated carbocycles. The van der Waals surface area contributed by atoms with Crippen molar-refractivity contribution in [1.29, 1.82) is 0 Å². The molecule has 1 saturated heterocycles. The number of benzene rings is 1. The van der Waals surface area contributed by atoms with Crippen LogP contribution in [0.15, 0.2) is 42.0 Å². The molecule has 8 heteroatoms. The van der Waals surface area contributed by atoms with Gasteiger partial charge in [0.15, 0.2) is 0 Å². The first-order valence-corrected chi connectivity index (χ1v) is 11.0. The van der Waals surface area contributed by atoms with Crippen molar-refractivity contribution in [2.75, 3.05) is 19.7 Å². The molecule has 0 radical (unpaired) electrons. The van der Waals surface area contributed by atoms with Crippen molar-refractivity contribution >= 4 is 23.2 Å². The van der Waals surface area contributed by atoms with Gasteiger partial charge in [-0.15, -0.1) is 11.3 Å². The van der Waals surface area contributed by atoms with Gasteiger partial charge in [0.2, 0.25) is 0 Å². The highest BCUT2D eigenvalue weighted by Gasteiger charge is 2.27. The van der Waals surface area contributed by atoms with Gasteiger partial charge in [0.25, 0.3) is 5.91 Å². The van der Waals surface area contributed by atoms with Gasteiger partial charge in [0, 0.05) is 36.1 Å². The van der Waals surface area contributed by atoms with Gasteiger partial charge in [-0.05, 0) is 51.0 Å². The van der Waals surface area contributed by atoms with Gasteiger partial charge >= 0.3 is 5.97 Å². The molecule has 30 heavy (non-hydrogen) atoms. The van der Waals surface area contributed by atoms with E-state index in [1.807, 2.05) is 47.7 Å². The molecular formula is C22H24N4O3S. The summed E-state index contributed by atoms with van der Waals surface area (Å²) < 4.78 is 6.75. The van der Waals surface area contributed by atoms with E-state index in [9.17, 15) is 9.59 Å². The summed E-state index contributed by atoms with van der Waals surface area (Å²) in [5, 5.41) is 7.40. The Morgan fingerprint density at radius 2 is 2.07 bits per heavy atom. The Morgan fingerprint density at radius 3 is 2.77 bits per heavy atom. The van der Waals surface area contributed by atoms with Crippen molar-refractivity contribution in [3.05, 3.63) is 63.9 Å². The summed E-state index contributed by atoms with van der Waals surface area (Å²) >= 11 is 1.66. The summed E-state index contributed by atoms with van der Waals surface area (Å²) in [6, 6.07) is 7.33. The van der Waals surface area contributed by atoms with Crippen LogP contribution in [-0.4, -0.2) is 51.2 Å². The van der Waals surface area contributed by atoms with Crippen molar-refractivity contribution in [3.8, 4) is 5.69 Å². The first-order valence-electron chi connectivity index (χ1n) is 10.1. The van der Waals surface area contributed by atoms with Crippen molar-refractivity contribution in [1.82, 2.24) is 19.7 Å². The molecule has 156 valence electrons. The summed E-state index contributed by atoms with van der Waals surface area (Å²) in [7, 11) is 0. The van der Waals surface area contributed by atoms with Crippen LogP contribution in [0.4, 0.5) is 0 Å². The Morgan fingerprint density at radius 1 is 1.27 bits per heavy atom. The zero-order valence-corrected chi connectivity index (χ0v) is 17.9. The molecule has 1 aliphatic rings. The zero-order chi connectivity index (χ0) is 21.1. The SMILES string of the molecule is CCOC(=O)c1cnn(-c2ccc(C(=O)N3CCCC(c4nccs4)C3)cc2)c1C.